The summed E-state index contributed by atoms with van der Waals surface area (Å²) in [5, 5.41) is 0.897. The Hall–Kier alpha value is 0.770. The van der Waals surface area contributed by atoms with Crippen LogP contribution in [0.2, 0.25) is 0 Å². The first-order chi connectivity index (χ1) is 3.68. The lowest BCUT2D eigenvalue weighted by atomic mass is 10.1. The lowest BCUT2D eigenvalue weighted by Crippen LogP contribution is -2.20. The average Bonchev–Trinajstić information content (AvgIpc) is 1.87. The third-order valence-corrected chi connectivity index (χ3v) is 3.57. The van der Waals surface area contributed by atoms with Gasteiger partial charge in [-0.1, -0.05) is 29.8 Å². The van der Waals surface area contributed by atoms with Crippen LogP contribution in [0.15, 0.2) is 0 Å². The van der Waals surface area contributed by atoms with Crippen molar-refractivity contribution in [3.63, 3.8) is 0 Å². The van der Waals surface area contributed by atoms with Gasteiger partial charge in [0.2, 0.25) is 0 Å². The van der Waals surface area contributed by atoms with E-state index in [2.05, 4.69) is 29.8 Å². The monoisotopic (exact) mass is 198 g/mol. The molecular formula is C6H12BrCl. The van der Waals surface area contributed by atoms with Crippen LogP contribution in [0.25, 0.3) is 0 Å². The molecule has 0 amide bonds. The van der Waals surface area contributed by atoms with Crippen molar-refractivity contribution in [2.75, 3.05) is 5.33 Å². The molecule has 0 radical (unpaired) electrons. The number of hydrogen-bond donors (Lipinski definition) is 0. The molecule has 0 aromatic carbocycles. The lowest BCUT2D eigenvalue weighted by molar-refractivity contribution is 0.600. The highest BCUT2D eigenvalue weighted by atomic mass is 79.9. The van der Waals surface area contributed by atoms with E-state index in [0.717, 1.165) is 18.2 Å². The maximum Gasteiger partial charge on any atom is 0.0538 e. The van der Waals surface area contributed by atoms with Crippen LogP contribution < -0.4 is 0 Å². The van der Waals surface area contributed by atoms with E-state index >= 15 is 0 Å². The SMILES string of the molecule is CCC(Cl)(CC)CBr. The molecule has 0 saturated heterocycles. The Labute approximate surface area is 64.7 Å². The molecule has 0 heterocycles. The summed E-state index contributed by atoms with van der Waals surface area (Å²) in [5.41, 5.74) is 0. The molecule has 50 valence electrons. The minimum Gasteiger partial charge on any atom is -0.118 e. The van der Waals surface area contributed by atoms with Gasteiger partial charge in [-0.25, -0.2) is 0 Å². The maximum atomic E-state index is 6.05. The van der Waals surface area contributed by atoms with Crippen LogP contribution in [0.5, 0.6) is 0 Å². The highest BCUT2D eigenvalue weighted by Crippen LogP contribution is 2.25. The van der Waals surface area contributed by atoms with Gasteiger partial charge in [-0.05, 0) is 12.8 Å². The molecule has 0 aromatic rings. The first-order valence-corrected chi connectivity index (χ1v) is 4.43. The van der Waals surface area contributed by atoms with E-state index in [0.29, 0.717) is 0 Å². The fraction of sp³-hybridized carbons (Fsp3) is 1.00. The second-order valence-electron chi connectivity index (χ2n) is 1.99. The number of halogens is 2. The van der Waals surface area contributed by atoms with E-state index in [9.17, 15) is 0 Å². The minimum absolute atomic E-state index is 0.0139. The summed E-state index contributed by atoms with van der Waals surface area (Å²) in [6.45, 7) is 4.22. The van der Waals surface area contributed by atoms with Crippen molar-refractivity contribution in [1.82, 2.24) is 0 Å². The molecule has 0 N–H and O–H groups in total. The smallest absolute Gasteiger partial charge is 0.0538 e. The second-order valence-corrected chi connectivity index (χ2v) is 3.35. The quantitative estimate of drug-likeness (QED) is 0.613. The topological polar surface area (TPSA) is 0 Å². The molecule has 0 spiro atoms. The van der Waals surface area contributed by atoms with Crippen LogP contribution in [0.4, 0.5) is 0 Å². The second kappa shape index (κ2) is 3.73. The number of rotatable bonds is 3. The molecule has 0 aromatic heterocycles. The van der Waals surface area contributed by atoms with Gasteiger partial charge < -0.3 is 0 Å². The Morgan fingerprint density at radius 3 is 1.75 bits per heavy atom. The van der Waals surface area contributed by atoms with Gasteiger partial charge in [0.15, 0.2) is 0 Å². The van der Waals surface area contributed by atoms with Gasteiger partial charge in [0, 0.05) is 5.33 Å². The van der Waals surface area contributed by atoms with Crippen molar-refractivity contribution in [3.05, 3.63) is 0 Å². The lowest BCUT2D eigenvalue weighted by Gasteiger charge is -2.19. The van der Waals surface area contributed by atoms with Gasteiger partial charge in [-0.15, -0.1) is 11.6 Å². The van der Waals surface area contributed by atoms with Crippen molar-refractivity contribution in [2.45, 2.75) is 31.6 Å². The van der Waals surface area contributed by atoms with E-state index in [1.54, 1.807) is 0 Å². The summed E-state index contributed by atoms with van der Waals surface area (Å²) in [6, 6.07) is 0. The minimum atomic E-state index is 0.0139. The fourth-order valence-corrected chi connectivity index (χ4v) is 1.23. The van der Waals surface area contributed by atoms with Gasteiger partial charge in [-0.2, -0.15) is 0 Å². The molecule has 0 nitrogen and oxygen atoms in total. The average molecular weight is 200 g/mol. The number of alkyl halides is 2. The van der Waals surface area contributed by atoms with Gasteiger partial charge in [0.05, 0.1) is 4.87 Å². The van der Waals surface area contributed by atoms with Crippen molar-refractivity contribution in [1.29, 1.82) is 0 Å². The van der Waals surface area contributed by atoms with Gasteiger partial charge in [0.1, 0.15) is 0 Å². The predicted molar refractivity (Wildman–Crippen MR) is 43.0 cm³/mol. The third-order valence-electron chi connectivity index (χ3n) is 1.51. The molecule has 0 aliphatic rings. The summed E-state index contributed by atoms with van der Waals surface area (Å²) in [6.07, 6.45) is 2.08. The highest BCUT2D eigenvalue weighted by molar-refractivity contribution is 9.09. The largest absolute Gasteiger partial charge is 0.118 e. The van der Waals surface area contributed by atoms with Crippen LogP contribution in [-0.4, -0.2) is 10.2 Å². The summed E-state index contributed by atoms with van der Waals surface area (Å²) in [4.78, 5) is 0.0139. The molecule has 0 aliphatic carbocycles. The van der Waals surface area contributed by atoms with Crippen LogP contribution in [0.3, 0.4) is 0 Å². The van der Waals surface area contributed by atoms with E-state index in [4.69, 9.17) is 11.6 Å². The molecular weight excluding hydrogens is 187 g/mol. The summed E-state index contributed by atoms with van der Waals surface area (Å²) in [5.74, 6) is 0. The molecule has 0 fully saturated rings. The Bertz CT molecular complexity index is 51.3. The third kappa shape index (κ3) is 2.36. The summed E-state index contributed by atoms with van der Waals surface area (Å²) >= 11 is 9.41. The van der Waals surface area contributed by atoms with Gasteiger partial charge >= 0.3 is 0 Å². The molecule has 0 saturated carbocycles. The molecule has 0 bridgehead atoms. The molecule has 8 heavy (non-hydrogen) atoms. The van der Waals surface area contributed by atoms with Crippen molar-refractivity contribution < 1.29 is 0 Å². The number of hydrogen-bond acceptors (Lipinski definition) is 0. The Morgan fingerprint density at radius 1 is 1.38 bits per heavy atom. The molecule has 0 rings (SSSR count). The van der Waals surface area contributed by atoms with E-state index < -0.39 is 0 Å². The fourth-order valence-electron chi connectivity index (χ4n) is 0.439. The van der Waals surface area contributed by atoms with Crippen molar-refractivity contribution in [2.24, 2.45) is 0 Å². The molecule has 0 aliphatic heterocycles. The van der Waals surface area contributed by atoms with E-state index in [1.807, 2.05) is 0 Å². The maximum absolute atomic E-state index is 6.05. The summed E-state index contributed by atoms with van der Waals surface area (Å²) in [7, 11) is 0. The van der Waals surface area contributed by atoms with Crippen molar-refractivity contribution in [3.8, 4) is 0 Å². The first kappa shape index (κ1) is 8.77. The Morgan fingerprint density at radius 2 is 1.75 bits per heavy atom. The van der Waals surface area contributed by atoms with Gasteiger partial charge in [-0.3, -0.25) is 0 Å². The first-order valence-electron chi connectivity index (χ1n) is 2.93. The van der Waals surface area contributed by atoms with Crippen molar-refractivity contribution >= 4 is 27.5 Å². The molecule has 0 unspecified atom stereocenters. The standard InChI is InChI=1S/C6H12BrCl/c1-3-6(8,4-2)5-7/h3-5H2,1-2H3. The van der Waals surface area contributed by atoms with E-state index in [-0.39, 0.29) is 4.87 Å². The van der Waals surface area contributed by atoms with Crippen LogP contribution in [-0.2, 0) is 0 Å². The van der Waals surface area contributed by atoms with Crippen LogP contribution in [0, 0.1) is 0 Å². The van der Waals surface area contributed by atoms with Gasteiger partial charge in [0.25, 0.3) is 0 Å². The normalized spacial score (nSPS) is 12.0. The molecule has 0 atom stereocenters. The zero-order valence-electron chi connectivity index (χ0n) is 5.38. The molecule has 2 heteroatoms. The van der Waals surface area contributed by atoms with E-state index in [1.165, 1.54) is 0 Å². The Balaban J connectivity index is 3.58. The zero-order chi connectivity index (χ0) is 6.62. The van der Waals surface area contributed by atoms with Crippen LogP contribution >= 0.6 is 27.5 Å². The predicted octanol–water partition coefficient (Wildman–Crippen LogP) is 3.18. The van der Waals surface area contributed by atoms with Crippen LogP contribution in [0.1, 0.15) is 26.7 Å². The summed E-state index contributed by atoms with van der Waals surface area (Å²) < 4.78 is 0. The Kier molecular flexibility index (Phi) is 4.09. The zero-order valence-corrected chi connectivity index (χ0v) is 7.72. The highest BCUT2D eigenvalue weighted by Gasteiger charge is 2.19.